The van der Waals surface area contributed by atoms with E-state index in [4.69, 9.17) is 4.55 Å². The molecule has 32 heavy (non-hydrogen) atoms. The van der Waals surface area contributed by atoms with Gasteiger partial charge in [0, 0.05) is 11.6 Å². The Morgan fingerprint density at radius 2 is 1.88 bits per heavy atom. The second-order valence-corrected chi connectivity index (χ2v) is 9.27. The van der Waals surface area contributed by atoms with Gasteiger partial charge in [-0.1, -0.05) is 0 Å². The normalized spacial score (nSPS) is 11.5. The molecule has 0 unspecified atom stereocenters. The summed E-state index contributed by atoms with van der Waals surface area (Å²) in [5, 5.41) is 3.11. The van der Waals surface area contributed by atoms with E-state index < -0.39 is 15.9 Å². The highest BCUT2D eigenvalue weighted by Gasteiger charge is 2.14. The highest BCUT2D eigenvalue weighted by Crippen LogP contribution is 2.18. The maximum Gasteiger partial charge on any atom is 0.266 e. The number of aryl methyl sites for hydroxylation is 2. The predicted octanol–water partition coefficient (Wildman–Crippen LogP) is 3.67. The van der Waals surface area contributed by atoms with Crippen LogP contribution in [0.4, 0.5) is 4.39 Å². The number of fused-ring (bicyclic) bond motifs is 1. The van der Waals surface area contributed by atoms with E-state index in [-0.39, 0.29) is 10.9 Å². The van der Waals surface area contributed by atoms with E-state index in [0.717, 1.165) is 10.7 Å². The van der Waals surface area contributed by atoms with Gasteiger partial charge in [0.15, 0.2) is 0 Å². The van der Waals surface area contributed by atoms with Crippen molar-refractivity contribution >= 4 is 44.5 Å². The zero-order valence-corrected chi connectivity index (χ0v) is 19.0. The molecule has 1 N–H and O–H groups in total. The molecular formula is C21H19FN4O4S2. The molecule has 4 rings (SSSR count). The van der Waals surface area contributed by atoms with E-state index in [2.05, 4.69) is 15.0 Å². The lowest BCUT2D eigenvalue weighted by Gasteiger charge is -2.13. The minimum Gasteiger partial charge on any atom is -0.286 e. The van der Waals surface area contributed by atoms with Crippen molar-refractivity contribution in [3.63, 3.8) is 0 Å². The smallest absolute Gasteiger partial charge is 0.266 e. The second kappa shape index (κ2) is 9.47. The maximum atomic E-state index is 13.7. The lowest BCUT2D eigenvalue weighted by atomic mass is 10.2. The number of pyridine rings is 1. The Balaban J connectivity index is 0.000000523. The largest absolute Gasteiger partial charge is 0.286 e. The van der Waals surface area contributed by atoms with Crippen LogP contribution < -0.4 is 5.56 Å². The van der Waals surface area contributed by atoms with E-state index in [1.165, 1.54) is 22.8 Å². The average Bonchev–Trinajstić information content (AvgIpc) is 3.12. The van der Waals surface area contributed by atoms with Crippen LogP contribution in [0.3, 0.4) is 0 Å². The van der Waals surface area contributed by atoms with E-state index in [1.54, 1.807) is 35.7 Å². The lowest BCUT2D eigenvalue weighted by Crippen LogP contribution is -2.23. The number of hydrogen-bond donors (Lipinski definition) is 1. The molecule has 3 aromatic heterocycles. The summed E-state index contributed by atoms with van der Waals surface area (Å²) >= 11 is 1.55. The van der Waals surface area contributed by atoms with Gasteiger partial charge in [0.1, 0.15) is 11.6 Å². The Morgan fingerprint density at radius 1 is 1.16 bits per heavy atom. The van der Waals surface area contributed by atoms with Crippen molar-refractivity contribution in [2.45, 2.75) is 13.8 Å². The maximum absolute atomic E-state index is 13.7. The van der Waals surface area contributed by atoms with Crippen molar-refractivity contribution in [3.05, 3.63) is 80.3 Å². The molecule has 0 spiro atoms. The van der Waals surface area contributed by atoms with Gasteiger partial charge in [0.2, 0.25) is 0 Å². The fourth-order valence-electron chi connectivity index (χ4n) is 2.85. The standard InChI is InChI=1S/C20H15FN4OS.CH4O3S/c1-12-18(4-3-9-22-12)25-19(8-6-15-11-27-13(2)23-15)24-17-7-5-14(21)10-16(17)20(25)26;1-5(2,3)4/h3-11H,1-2H3;1H3,(H,2,3,4)/b8-6+;. The molecule has 0 saturated carbocycles. The highest BCUT2D eigenvalue weighted by molar-refractivity contribution is 7.85. The molecule has 3 heterocycles. The predicted molar refractivity (Wildman–Crippen MR) is 123 cm³/mol. The van der Waals surface area contributed by atoms with Gasteiger partial charge in [-0.3, -0.25) is 18.9 Å². The summed E-state index contributed by atoms with van der Waals surface area (Å²) in [7, 11) is -3.67. The minimum atomic E-state index is -3.67. The molecule has 8 nitrogen and oxygen atoms in total. The number of hydrogen-bond acceptors (Lipinski definition) is 7. The van der Waals surface area contributed by atoms with Gasteiger partial charge in [0.25, 0.3) is 15.7 Å². The Kier molecular flexibility index (Phi) is 6.92. The Labute approximate surface area is 187 Å². The van der Waals surface area contributed by atoms with Crippen molar-refractivity contribution in [3.8, 4) is 5.69 Å². The van der Waals surface area contributed by atoms with Crippen LogP contribution in [0.5, 0.6) is 0 Å². The van der Waals surface area contributed by atoms with Crippen molar-refractivity contribution in [2.24, 2.45) is 0 Å². The van der Waals surface area contributed by atoms with Crippen LogP contribution in [0.2, 0.25) is 0 Å². The lowest BCUT2D eigenvalue weighted by molar-refractivity contribution is 0.490. The topological polar surface area (TPSA) is 115 Å². The van der Waals surface area contributed by atoms with Crippen molar-refractivity contribution in [1.82, 2.24) is 19.5 Å². The molecule has 0 radical (unpaired) electrons. The van der Waals surface area contributed by atoms with E-state index in [1.807, 2.05) is 25.3 Å². The van der Waals surface area contributed by atoms with Crippen molar-refractivity contribution in [1.29, 1.82) is 0 Å². The van der Waals surface area contributed by atoms with Crippen LogP contribution in [0.25, 0.3) is 28.7 Å². The SMILES string of the molecule is CS(=O)(=O)O.Cc1nc(/C=C/c2nc3ccc(F)cc3c(=O)n2-c2cccnc2C)cs1. The van der Waals surface area contributed by atoms with E-state index >= 15 is 0 Å². The summed E-state index contributed by atoms with van der Waals surface area (Å²) in [6, 6.07) is 7.56. The second-order valence-electron chi connectivity index (χ2n) is 6.74. The summed E-state index contributed by atoms with van der Waals surface area (Å²) in [6.07, 6.45) is 5.92. The van der Waals surface area contributed by atoms with E-state index in [9.17, 15) is 17.6 Å². The molecule has 0 atom stereocenters. The van der Waals surface area contributed by atoms with Gasteiger partial charge in [0.05, 0.1) is 39.2 Å². The monoisotopic (exact) mass is 474 g/mol. The van der Waals surface area contributed by atoms with Crippen molar-refractivity contribution < 1.29 is 17.4 Å². The molecule has 0 aliphatic carbocycles. The van der Waals surface area contributed by atoms with Gasteiger partial charge in [-0.05, 0) is 56.3 Å². The first kappa shape index (κ1) is 23.4. The van der Waals surface area contributed by atoms with Gasteiger partial charge in [-0.25, -0.2) is 14.4 Å². The zero-order valence-electron chi connectivity index (χ0n) is 17.4. The quantitative estimate of drug-likeness (QED) is 0.451. The van der Waals surface area contributed by atoms with Crippen LogP contribution >= 0.6 is 11.3 Å². The minimum absolute atomic E-state index is 0.222. The number of rotatable bonds is 3. The summed E-state index contributed by atoms with van der Waals surface area (Å²) in [4.78, 5) is 26.4. The van der Waals surface area contributed by atoms with Crippen LogP contribution in [-0.4, -0.2) is 38.7 Å². The molecule has 166 valence electrons. The van der Waals surface area contributed by atoms with Gasteiger partial charge >= 0.3 is 0 Å². The Bertz CT molecular complexity index is 1470. The summed E-state index contributed by atoms with van der Waals surface area (Å²) < 4.78 is 41.0. The first-order valence-electron chi connectivity index (χ1n) is 9.20. The first-order chi connectivity index (χ1) is 15.0. The number of halogens is 1. The number of aromatic nitrogens is 4. The van der Waals surface area contributed by atoms with Crippen LogP contribution in [-0.2, 0) is 10.1 Å². The molecular weight excluding hydrogens is 455 g/mol. The van der Waals surface area contributed by atoms with Crippen molar-refractivity contribution in [2.75, 3.05) is 6.26 Å². The average molecular weight is 475 g/mol. The molecule has 0 aliphatic rings. The van der Waals surface area contributed by atoms with Crippen LogP contribution in [0.1, 0.15) is 22.2 Å². The molecule has 0 fully saturated rings. The fourth-order valence-corrected chi connectivity index (χ4v) is 3.43. The first-order valence-corrected chi connectivity index (χ1v) is 11.9. The molecule has 0 bridgehead atoms. The van der Waals surface area contributed by atoms with Gasteiger partial charge in [-0.2, -0.15) is 8.42 Å². The van der Waals surface area contributed by atoms with Gasteiger partial charge in [-0.15, -0.1) is 11.3 Å². The zero-order chi connectivity index (χ0) is 23.5. The fraction of sp³-hybridized carbons (Fsp3) is 0.143. The third-order valence-electron chi connectivity index (χ3n) is 4.12. The number of nitrogens with zero attached hydrogens (tertiary/aromatic N) is 4. The third-order valence-corrected chi connectivity index (χ3v) is 4.91. The summed E-state index contributed by atoms with van der Waals surface area (Å²) in [6.45, 7) is 3.74. The third kappa shape index (κ3) is 5.90. The van der Waals surface area contributed by atoms with Gasteiger partial charge < -0.3 is 0 Å². The van der Waals surface area contributed by atoms with Crippen LogP contribution in [0.15, 0.2) is 46.7 Å². The molecule has 0 saturated heterocycles. The summed E-state index contributed by atoms with van der Waals surface area (Å²) in [5.74, 6) is -0.0436. The molecule has 0 aliphatic heterocycles. The van der Waals surface area contributed by atoms with Crippen LogP contribution in [0, 0.1) is 19.7 Å². The Hall–Kier alpha value is -3.28. The molecule has 0 amide bonds. The highest BCUT2D eigenvalue weighted by atomic mass is 32.2. The van der Waals surface area contributed by atoms with E-state index in [0.29, 0.717) is 29.0 Å². The summed E-state index contributed by atoms with van der Waals surface area (Å²) in [5.41, 5.74) is 2.17. The molecule has 11 heteroatoms. The Morgan fingerprint density at radius 3 is 2.50 bits per heavy atom. The molecule has 4 aromatic rings. The molecule has 1 aromatic carbocycles. The number of thiazole rings is 1. The number of benzene rings is 1.